The average molecular weight is 305 g/mol. The van der Waals surface area contributed by atoms with Gasteiger partial charge in [-0.25, -0.2) is 4.39 Å². The molecule has 2 aromatic heterocycles. The van der Waals surface area contributed by atoms with Crippen LogP contribution in [0.3, 0.4) is 0 Å². The molecule has 6 heteroatoms. The summed E-state index contributed by atoms with van der Waals surface area (Å²) in [4.78, 5) is 26.0. The van der Waals surface area contributed by atoms with Crippen LogP contribution in [0.15, 0.2) is 41.5 Å². The highest BCUT2D eigenvalue weighted by atomic mass is 35.5. The minimum Gasteiger partial charge on any atom is -0.360 e. The number of fused-ring (bicyclic) bond motifs is 1. The third kappa shape index (κ3) is 2.25. The Morgan fingerprint density at radius 2 is 2.14 bits per heavy atom. The van der Waals surface area contributed by atoms with Crippen molar-refractivity contribution in [2.45, 2.75) is 6.54 Å². The van der Waals surface area contributed by atoms with Crippen molar-refractivity contribution in [2.75, 3.05) is 0 Å². The highest BCUT2D eigenvalue weighted by Crippen LogP contribution is 2.28. The summed E-state index contributed by atoms with van der Waals surface area (Å²) in [5.74, 6) is -0.548. The van der Waals surface area contributed by atoms with Crippen LogP contribution in [0.1, 0.15) is 0 Å². The summed E-state index contributed by atoms with van der Waals surface area (Å²) in [5.41, 5.74) is 1.45. The lowest BCUT2D eigenvalue weighted by Gasteiger charge is -2.04. The van der Waals surface area contributed by atoms with Gasteiger partial charge in [0, 0.05) is 18.0 Å². The van der Waals surface area contributed by atoms with Crippen molar-refractivity contribution in [3.05, 3.63) is 57.9 Å². The molecule has 0 spiro atoms. The molecule has 0 unspecified atom stereocenters. The fraction of sp³-hybridized carbons (Fsp3) is 0.0667. The number of hydrogen-bond acceptors (Lipinski definition) is 2. The monoisotopic (exact) mass is 304 g/mol. The molecular formula is C15H10ClFN2O2. The third-order valence-corrected chi connectivity index (χ3v) is 3.61. The second kappa shape index (κ2) is 5.18. The molecule has 0 radical (unpaired) electrons. The zero-order chi connectivity index (χ0) is 15.0. The number of aldehydes is 1. The Morgan fingerprint density at radius 3 is 2.86 bits per heavy atom. The van der Waals surface area contributed by atoms with Crippen molar-refractivity contribution in [1.29, 1.82) is 0 Å². The number of halogens is 2. The van der Waals surface area contributed by atoms with E-state index in [4.69, 9.17) is 11.6 Å². The molecule has 0 atom stereocenters. The van der Waals surface area contributed by atoms with Crippen molar-refractivity contribution < 1.29 is 9.18 Å². The number of pyridine rings is 1. The van der Waals surface area contributed by atoms with Gasteiger partial charge in [0.25, 0.3) is 5.56 Å². The lowest BCUT2D eigenvalue weighted by atomic mass is 10.1. The van der Waals surface area contributed by atoms with Gasteiger partial charge in [-0.2, -0.15) is 0 Å². The highest BCUT2D eigenvalue weighted by Gasteiger charge is 2.13. The topological polar surface area (TPSA) is 54.9 Å². The molecule has 0 aliphatic carbocycles. The van der Waals surface area contributed by atoms with E-state index in [0.29, 0.717) is 28.3 Å². The molecule has 0 bridgehead atoms. The third-order valence-electron chi connectivity index (χ3n) is 3.31. The van der Waals surface area contributed by atoms with E-state index in [9.17, 15) is 14.0 Å². The Balaban J connectivity index is 2.27. The molecule has 4 nitrogen and oxygen atoms in total. The summed E-state index contributed by atoms with van der Waals surface area (Å²) in [7, 11) is 0. The first-order chi connectivity index (χ1) is 10.1. The summed E-state index contributed by atoms with van der Waals surface area (Å²) in [6, 6.07) is 6.07. The Bertz CT molecular complexity index is 898. The smallest absolute Gasteiger partial charge is 0.261 e. The molecule has 0 saturated carbocycles. The molecule has 3 aromatic rings. The van der Waals surface area contributed by atoms with Gasteiger partial charge < -0.3 is 14.3 Å². The first-order valence-corrected chi connectivity index (χ1v) is 6.59. The zero-order valence-electron chi connectivity index (χ0n) is 10.8. The van der Waals surface area contributed by atoms with Gasteiger partial charge >= 0.3 is 0 Å². The number of carbonyl (C=O) groups is 1. The van der Waals surface area contributed by atoms with Gasteiger partial charge in [-0.3, -0.25) is 4.79 Å². The molecule has 0 aliphatic heterocycles. The van der Waals surface area contributed by atoms with Gasteiger partial charge in [0.15, 0.2) is 0 Å². The normalized spacial score (nSPS) is 11.0. The number of aromatic amines is 1. The van der Waals surface area contributed by atoms with Crippen LogP contribution < -0.4 is 5.56 Å². The van der Waals surface area contributed by atoms with Gasteiger partial charge in [0.2, 0.25) is 0 Å². The number of rotatable bonds is 3. The quantitative estimate of drug-likeness (QED) is 0.756. The van der Waals surface area contributed by atoms with E-state index in [-0.39, 0.29) is 17.1 Å². The minimum absolute atomic E-state index is 0.0195. The first kappa shape index (κ1) is 13.6. The van der Waals surface area contributed by atoms with E-state index in [2.05, 4.69) is 4.98 Å². The zero-order valence-corrected chi connectivity index (χ0v) is 11.5. The van der Waals surface area contributed by atoms with Gasteiger partial charge in [0.1, 0.15) is 12.1 Å². The van der Waals surface area contributed by atoms with E-state index >= 15 is 0 Å². The van der Waals surface area contributed by atoms with E-state index in [1.807, 2.05) is 0 Å². The second-order valence-electron chi connectivity index (χ2n) is 4.56. The number of benzene rings is 1. The Labute approximate surface area is 123 Å². The Kier molecular flexibility index (Phi) is 3.35. The van der Waals surface area contributed by atoms with Crippen molar-refractivity contribution in [2.24, 2.45) is 0 Å². The molecular weight excluding hydrogens is 295 g/mol. The van der Waals surface area contributed by atoms with Gasteiger partial charge in [0.05, 0.1) is 22.5 Å². The SMILES string of the molecule is O=CCn1ccc2[nH]cc(-c3ccc(Cl)c(F)c3)c2c1=O. The summed E-state index contributed by atoms with van der Waals surface area (Å²) < 4.78 is 14.9. The van der Waals surface area contributed by atoms with Crippen molar-refractivity contribution in [3.8, 4) is 11.1 Å². The number of carbonyl (C=O) groups excluding carboxylic acids is 1. The molecule has 0 amide bonds. The molecule has 1 aromatic carbocycles. The minimum atomic E-state index is -0.548. The number of hydrogen-bond donors (Lipinski definition) is 1. The maximum atomic E-state index is 13.6. The van der Waals surface area contributed by atoms with Crippen LogP contribution in [0.4, 0.5) is 4.39 Å². The number of nitrogens with zero attached hydrogens (tertiary/aromatic N) is 1. The highest BCUT2D eigenvalue weighted by molar-refractivity contribution is 6.30. The van der Waals surface area contributed by atoms with Gasteiger partial charge in [-0.1, -0.05) is 17.7 Å². The summed E-state index contributed by atoms with van der Waals surface area (Å²) in [5, 5.41) is 0.443. The average Bonchev–Trinajstić information content (AvgIpc) is 2.90. The van der Waals surface area contributed by atoms with Crippen LogP contribution in [-0.2, 0) is 11.3 Å². The maximum Gasteiger partial charge on any atom is 0.261 e. The molecule has 3 rings (SSSR count). The largest absolute Gasteiger partial charge is 0.360 e. The van der Waals surface area contributed by atoms with Crippen molar-refractivity contribution in [3.63, 3.8) is 0 Å². The summed E-state index contributed by atoms with van der Waals surface area (Å²) >= 11 is 5.67. The number of H-pyrrole nitrogens is 1. The molecule has 0 aliphatic rings. The van der Waals surface area contributed by atoms with E-state index in [1.54, 1.807) is 24.5 Å². The number of aromatic nitrogens is 2. The van der Waals surface area contributed by atoms with Crippen LogP contribution in [0.25, 0.3) is 22.0 Å². The number of nitrogens with one attached hydrogen (secondary N) is 1. The van der Waals surface area contributed by atoms with E-state index < -0.39 is 5.82 Å². The van der Waals surface area contributed by atoms with Crippen LogP contribution in [0.2, 0.25) is 5.02 Å². The van der Waals surface area contributed by atoms with Crippen molar-refractivity contribution in [1.82, 2.24) is 9.55 Å². The maximum absolute atomic E-state index is 13.6. The van der Waals surface area contributed by atoms with Crippen LogP contribution in [0.5, 0.6) is 0 Å². The molecule has 1 N–H and O–H groups in total. The lowest BCUT2D eigenvalue weighted by Crippen LogP contribution is -2.19. The summed E-state index contributed by atoms with van der Waals surface area (Å²) in [6.45, 7) is -0.0195. The van der Waals surface area contributed by atoms with Crippen LogP contribution in [-0.4, -0.2) is 15.8 Å². The predicted molar refractivity (Wildman–Crippen MR) is 79.0 cm³/mol. The predicted octanol–water partition coefficient (Wildman–Crippen LogP) is 2.99. The van der Waals surface area contributed by atoms with E-state index in [1.165, 1.54) is 16.7 Å². The summed E-state index contributed by atoms with van der Waals surface area (Å²) in [6.07, 6.45) is 3.84. The molecule has 2 heterocycles. The molecule has 0 fully saturated rings. The van der Waals surface area contributed by atoms with Gasteiger partial charge in [-0.15, -0.1) is 0 Å². The fourth-order valence-corrected chi connectivity index (χ4v) is 2.41. The molecule has 0 saturated heterocycles. The van der Waals surface area contributed by atoms with Crippen LogP contribution >= 0.6 is 11.6 Å². The fourth-order valence-electron chi connectivity index (χ4n) is 2.29. The Morgan fingerprint density at radius 1 is 1.33 bits per heavy atom. The molecule has 21 heavy (non-hydrogen) atoms. The first-order valence-electron chi connectivity index (χ1n) is 6.21. The molecule has 106 valence electrons. The Hall–Kier alpha value is -2.40. The lowest BCUT2D eigenvalue weighted by molar-refractivity contribution is -0.108. The van der Waals surface area contributed by atoms with E-state index in [0.717, 1.165) is 0 Å². The standard InChI is InChI=1S/C15H10ClFN2O2/c16-11-2-1-9(7-12(11)17)10-8-18-13-3-4-19(5-6-20)15(21)14(10)13/h1-4,6-8,18H,5H2. The van der Waals surface area contributed by atoms with Crippen molar-refractivity contribution >= 4 is 28.8 Å². The second-order valence-corrected chi connectivity index (χ2v) is 4.97. The van der Waals surface area contributed by atoms with Crippen LogP contribution in [0, 0.1) is 5.82 Å². The van der Waals surface area contributed by atoms with Gasteiger partial charge in [-0.05, 0) is 23.8 Å².